The van der Waals surface area contributed by atoms with Gasteiger partial charge in [-0.05, 0) is 58.5 Å². The summed E-state index contributed by atoms with van der Waals surface area (Å²) < 4.78 is 0. The van der Waals surface area contributed by atoms with E-state index < -0.39 is 0 Å². The van der Waals surface area contributed by atoms with Crippen LogP contribution in [0.4, 0.5) is 0 Å². The summed E-state index contributed by atoms with van der Waals surface area (Å²) in [5.74, 6) is 0.754. The quantitative estimate of drug-likeness (QED) is 0.375. The van der Waals surface area contributed by atoms with Crippen molar-refractivity contribution in [2.24, 2.45) is 10.9 Å². The minimum absolute atomic E-state index is 0.754. The zero-order valence-corrected chi connectivity index (χ0v) is 14.6. The van der Waals surface area contributed by atoms with E-state index in [2.05, 4.69) is 42.5 Å². The van der Waals surface area contributed by atoms with Gasteiger partial charge in [0.2, 0.25) is 0 Å². The lowest BCUT2D eigenvalue weighted by Crippen LogP contribution is -2.09. The second-order valence-electron chi connectivity index (χ2n) is 6.88. The lowest BCUT2D eigenvalue weighted by Gasteiger charge is -2.19. The van der Waals surface area contributed by atoms with Gasteiger partial charge in [-0.2, -0.15) is 0 Å². The Labute approximate surface area is 148 Å². The van der Waals surface area contributed by atoms with Crippen molar-refractivity contribution in [3.8, 4) is 0 Å². The van der Waals surface area contributed by atoms with Gasteiger partial charge in [0.25, 0.3) is 0 Å². The Morgan fingerprint density at radius 2 is 1.67 bits per heavy atom. The molecule has 1 nitrogen and oxygen atoms in total. The molecule has 1 saturated carbocycles. The number of hydrogen-bond donors (Lipinski definition) is 0. The molecule has 24 heavy (non-hydrogen) atoms. The van der Waals surface area contributed by atoms with Crippen molar-refractivity contribution in [2.45, 2.75) is 32.1 Å². The van der Waals surface area contributed by atoms with Crippen LogP contribution in [0.2, 0.25) is 5.02 Å². The van der Waals surface area contributed by atoms with Crippen LogP contribution in [0.1, 0.15) is 37.7 Å². The Kier molecular flexibility index (Phi) is 4.53. The summed E-state index contributed by atoms with van der Waals surface area (Å²) in [4.78, 5) is 4.75. The van der Waals surface area contributed by atoms with Crippen LogP contribution in [-0.4, -0.2) is 12.8 Å². The molecule has 3 aromatic carbocycles. The fraction of sp³-hybridized carbons (Fsp3) is 0.318. The Bertz CT molecular complexity index is 891. The predicted octanol–water partition coefficient (Wildman–Crippen LogP) is 6.65. The maximum absolute atomic E-state index is 6.48. The Balaban J connectivity index is 1.70. The van der Waals surface area contributed by atoms with E-state index in [-0.39, 0.29) is 0 Å². The van der Waals surface area contributed by atoms with Crippen LogP contribution in [0.3, 0.4) is 0 Å². The van der Waals surface area contributed by atoms with Gasteiger partial charge in [-0.25, -0.2) is 0 Å². The Morgan fingerprint density at radius 3 is 2.46 bits per heavy atom. The van der Waals surface area contributed by atoms with E-state index in [1.807, 2.05) is 12.3 Å². The lowest BCUT2D eigenvalue weighted by atomic mass is 9.89. The van der Waals surface area contributed by atoms with Crippen molar-refractivity contribution in [1.82, 2.24) is 0 Å². The average molecular weight is 336 g/mol. The molecular formula is C22H22ClN. The van der Waals surface area contributed by atoms with Gasteiger partial charge >= 0.3 is 0 Å². The summed E-state index contributed by atoms with van der Waals surface area (Å²) in [5.41, 5.74) is 1.05. The van der Waals surface area contributed by atoms with Gasteiger partial charge in [0.15, 0.2) is 0 Å². The summed E-state index contributed by atoms with van der Waals surface area (Å²) in [7, 11) is 0. The van der Waals surface area contributed by atoms with Gasteiger partial charge in [0, 0.05) is 23.3 Å². The highest BCUT2D eigenvalue weighted by atomic mass is 35.5. The van der Waals surface area contributed by atoms with Crippen molar-refractivity contribution in [2.75, 3.05) is 6.54 Å². The van der Waals surface area contributed by atoms with Gasteiger partial charge in [0.05, 0.1) is 0 Å². The number of nitrogens with zero attached hydrogens (tertiary/aromatic N) is 1. The molecule has 122 valence electrons. The van der Waals surface area contributed by atoms with E-state index in [0.29, 0.717) is 0 Å². The van der Waals surface area contributed by atoms with Gasteiger partial charge in [-0.1, -0.05) is 61.2 Å². The summed E-state index contributed by atoms with van der Waals surface area (Å²) >= 11 is 6.48. The van der Waals surface area contributed by atoms with Gasteiger partial charge in [0.1, 0.15) is 0 Å². The molecule has 0 aromatic heterocycles. The summed E-state index contributed by atoms with van der Waals surface area (Å²) in [6.45, 7) is 0.931. The van der Waals surface area contributed by atoms with Gasteiger partial charge in [-0.15, -0.1) is 0 Å². The van der Waals surface area contributed by atoms with Crippen molar-refractivity contribution >= 4 is 39.4 Å². The van der Waals surface area contributed by atoms with Crippen LogP contribution < -0.4 is 0 Å². The SMILES string of the molecule is Clc1ccc2cc3ccccc3cc2c1C=NCC1CCCCC1. The zero-order chi connectivity index (χ0) is 16.4. The smallest absolute Gasteiger partial charge is 0.0500 e. The van der Waals surface area contributed by atoms with Crippen LogP contribution >= 0.6 is 11.6 Å². The van der Waals surface area contributed by atoms with Crippen molar-refractivity contribution < 1.29 is 0 Å². The maximum Gasteiger partial charge on any atom is 0.0500 e. The second-order valence-corrected chi connectivity index (χ2v) is 7.29. The minimum atomic E-state index is 0.754. The molecule has 1 aliphatic rings. The molecule has 0 spiro atoms. The molecule has 0 saturated heterocycles. The highest BCUT2D eigenvalue weighted by Gasteiger charge is 2.12. The highest BCUT2D eigenvalue weighted by molar-refractivity contribution is 6.34. The summed E-state index contributed by atoms with van der Waals surface area (Å²) in [6, 6.07) is 17.0. The van der Waals surface area contributed by atoms with Crippen molar-refractivity contribution in [3.63, 3.8) is 0 Å². The molecule has 4 rings (SSSR count). The van der Waals surface area contributed by atoms with Crippen molar-refractivity contribution in [3.05, 3.63) is 59.1 Å². The zero-order valence-electron chi connectivity index (χ0n) is 13.8. The van der Waals surface area contributed by atoms with E-state index >= 15 is 0 Å². The molecule has 0 radical (unpaired) electrons. The molecule has 0 unspecified atom stereocenters. The third kappa shape index (κ3) is 3.18. The van der Waals surface area contributed by atoms with Crippen LogP contribution in [0.15, 0.2) is 53.5 Å². The first kappa shape index (κ1) is 15.7. The average Bonchev–Trinajstić information content (AvgIpc) is 2.63. The molecule has 3 aromatic rings. The Morgan fingerprint density at radius 1 is 0.917 bits per heavy atom. The number of aliphatic imine (C=N–C) groups is 1. The minimum Gasteiger partial charge on any atom is -0.292 e. The first-order valence-electron chi connectivity index (χ1n) is 8.92. The fourth-order valence-electron chi connectivity index (χ4n) is 3.80. The number of rotatable bonds is 3. The number of benzene rings is 3. The van der Waals surface area contributed by atoms with Crippen LogP contribution in [0.5, 0.6) is 0 Å². The van der Waals surface area contributed by atoms with E-state index in [1.165, 1.54) is 53.6 Å². The lowest BCUT2D eigenvalue weighted by molar-refractivity contribution is 0.367. The molecule has 0 atom stereocenters. The highest BCUT2D eigenvalue weighted by Crippen LogP contribution is 2.29. The van der Waals surface area contributed by atoms with Crippen LogP contribution in [0, 0.1) is 5.92 Å². The molecule has 1 aliphatic carbocycles. The van der Waals surface area contributed by atoms with Crippen LogP contribution in [-0.2, 0) is 0 Å². The largest absolute Gasteiger partial charge is 0.292 e. The van der Waals surface area contributed by atoms with Crippen molar-refractivity contribution in [1.29, 1.82) is 0 Å². The third-order valence-corrected chi connectivity index (χ3v) is 5.51. The monoisotopic (exact) mass is 335 g/mol. The Hall–Kier alpha value is -1.86. The van der Waals surface area contributed by atoms with E-state index in [1.54, 1.807) is 0 Å². The number of halogens is 1. The number of fused-ring (bicyclic) bond motifs is 2. The standard InChI is InChI=1S/C22H22ClN/c23-22-11-10-19-12-17-8-4-5-9-18(17)13-20(19)21(22)15-24-14-16-6-2-1-3-7-16/h4-5,8-13,15-16H,1-3,6-7,14H2. The molecular weight excluding hydrogens is 314 g/mol. The second kappa shape index (κ2) is 6.94. The molecule has 0 aliphatic heterocycles. The predicted molar refractivity (Wildman–Crippen MR) is 106 cm³/mol. The topological polar surface area (TPSA) is 12.4 Å². The van der Waals surface area contributed by atoms with E-state index in [4.69, 9.17) is 16.6 Å². The van der Waals surface area contributed by atoms with Crippen LogP contribution in [0.25, 0.3) is 21.5 Å². The molecule has 0 N–H and O–H groups in total. The maximum atomic E-state index is 6.48. The molecule has 0 amide bonds. The van der Waals surface area contributed by atoms with E-state index in [9.17, 15) is 0 Å². The van der Waals surface area contributed by atoms with E-state index in [0.717, 1.165) is 23.0 Å². The van der Waals surface area contributed by atoms with Gasteiger partial charge < -0.3 is 0 Å². The number of hydrogen-bond acceptors (Lipinski definition) is 1. The first-order valence-corrected chi connectivity index (χ1v) is 9.30. The third-order valence-electron chi connectivity index (χ3n) is 5.18. The first-order chi connectivity index (χ1) is 11.8. The summed E-state index contributed by atoms with van der Waals surface area (Å²) in [6.07, 6.45) is 8.76. The molecule has 0 heterocycles. The summed E-state index contributed by atoms with van der Waals surface area (Å²) in [5, 5.41) is 5.70. The molecule has 1 fully saturated rings. The fourth-order valence-corrected chi connectivity index (χ4v) is 4.02. The van der Waals surface area contributed by atoms with Gasteiger partial charge in [-0.3, -0.25) is 4.99 Å². The normalized spacial score (nSPS) is 16.4. The molecule has 2 heteroatoms. The molecule has 0 bridgehead atoms.